The van der Waals surface area contributed by atoms with Gasteiger partial charge in [-0.05, 0) is 20.8 Å². The van der Waals surface area contributed by atoms with Gasteiger partial charge >= 0.3 is 6.09 Å². The summed E-state index contributed by atoms with van der Waals surface area (Å²) in [6.45, 7) is 5.33. The Labute approximate surface area is 92.8 Å². The predicted molar refractivity (Wildman–Crippen MR) is 56.9 cm³/mol. The second-order valence-corrected chi connectivity index (χ2v) is 4.24. The molecule has 5 nitrogen and oxygen atoms in total. The Balaban J connectivity index is 2.55. The minimum Gasteiger partial charge on any atom is -0.444 e. The summed E-state index contributed by atoms with van der Waals surface area (Å²) in [4.78, 5) is 18.9. The van der Waals surface area contributed by atoms with Crippen LogP contribution < -0.4 is 5.32 Å². The summed E-state index contributed by atoms with van der Waals surface area (Å²) in [5, 5.41) is 2.70. The van der Waals surface area contributed by atoms with E-state index in [4.69, 9.17) is 16.3 Å². The highest BCUT2D eigenvalue weighted by Crippen LogP contribution is 2.10. The molecule has 0 saturated heterocycles. The molecule has 1 N–H and O–H groups in total. The Morgan fingerprint density at radius 1 is 1.40 bits per heavy atom. The maximum absolute atomic E-state index is 11.3. The lowest BCUT2D eigenvalue weighted by Crippen LogP contribution is -2.27. The maximum Gasteiger partial charge on any atom is 0.413 e. The molecule has 1 aromatic heterocycles. The fraction of sp³-hybridized carbons (Fsp3) is 0.444. The van der Waals surface area contributed by atoms with E-state index in [0.717, 1.165) is 0 Å². The number of carbonyl (C=O) groups excluding carboxylic acids is 1. The number of nitrogens with one attached hydrogen (secondary N) is 1. The molecule has 0 bridgehead atoms. The van der Waals surface area contributed by atoms with Gasteiger partial charge in [-0.3, -0.25) is 5.32 Å². The van der Waals surface area contributed by atoms with Crippen LogP contribution in [0, 0.1) is 0 Å². The van der Waals surface area contributed by atoms with Gasteiger partial charge in [-0.15, -0.1) is 0 Å². The Bertz CT molecular complexity index is 345. The minimum absolute atomic E-state index is 0.268. The van der Waals surface area contributed by atoms with Crippen LogP contribution >= 0.6 is 11.6 Å². The maximum atomic E-state index is 11.3. The molecule has 0 saturated carbocycles. The smallest absolute Gasteiger partial charge is 0.413 e. The van der Waals surface area contributed by atoms with Gasteiger partial charge in [0.1, 0.15) is 10.8 Å². The molecule has 0 radical (unpaired) electrons. The molecule has 0 fully saturated rings. The van der Waals surface area contributed by atoms with Crippen molar-refractivity contribution < 1.29 is 9.53 Å². The largest absolute Gasteiger partial charge is 0.444 e. The zero-order valence-corrected chi connectivity index (χ0v) is 9.50. The van der Waals surface area contributed by atoms with Crippen LogP contribution in [0.1, 0.15) is 20.8 Å². The summed E-state index contributed by atoms with van der Waals surface area (Å²) in [7, 11) is 0. The van der Waals surface area contributed by atoms with E-state index in [9.17, 15) is 4.79 Å². The van der Waals surface area contributed by atoms with Crippen LogP contribution in [0.2, 0.25) is 5.15 Å². The second kappa shape index (κ2) is 4.44. The van der Waals surface area contributed by atoms with Gasteiger partial charge in [0.2, 0.25) is 0 Å². The number of carbonyl (C=O) groups is 1. The zero-order valence-electron chi connectivity index (χ0n) is 8.74. The van der Waals surface area contributed by atoms with Gasteiger partial charge in [0, 0.05) is 0 Å². The van der Waals surface area contributed by atoms with Gasteiger partial charge in [-0.25, -0.2) is 14.8 Å². The second-order valence-electron chi connectivity index (χ2n) is 3.85. The quantitative estimate of drug-likeness (QED) is 0.804. The summed E-state index contributed by atoms with van der Waals surface area (Å²) < 4.78 is 5.02. The molecule has 82 valence electrons. The first-order valence-electron chi connectivity index (χ1n) is 4.34. The van der Waals surface area contributed by atoms with Gasteiger partial charge in [0.05, 0.1) is 12.4 Å². The number of nitrogens with zero attached hydrogens (tertiary/aromatic N) is 2. The third-order valence-electron chi connectivity index (χ3n) is 1.25. The molecule has 0 unspecified atom stereocenters. The highest BCUT2D eigenvalue weighted by Gasteiger charge is 2.16. The normalized spacial score (nSPS) is 10.9. The highest BCUT2D eigenvalue weighted by molar-refractivity contribution is 6.29. The Morgan fingerprint density at radius 2 is 2.07 bits per heavy atom. The van der Waals surface area contributed by atoms with Gasteiger partial charge in [-0.2, -0.15) is 0 Å². The van der Waals surface area contributed by atoms with E-state index in [-0.39, 0.29) is 5.15 Å². The van der Waals surface area contributed by atoms with Crippen LogP contribution in [0.4, 0.5) is 10.6 Å². The van der Waals surface area contributed by atoms with E-state index in [2.05, 4.69) is 15.3 Å². The first kappa shape index (κ1) is 11.7. The van der Waals surface area contributed by atoms with Crippen LogP contribution in [0.3, 0.4) is 0 Å². The third-order valence-corrected chi connectivity index (χ3v) is 1.44. The SMILES string of the molecule is CC(C)(C)OC(=O)Nc1cnc(Cl)cn1. The van der Waals surface area contributed by atoms with Crippen molar-refractivity contribution in [1.29, 1.82) is 0 Å². The van der Waals surface area contributed by atoms with Crippen molar-refractivity contribution in [2.75, 3.05) is 5.32 Å². The number of rotatable bonds is 1. The number of ether oxygens (including phenoxy) is 1. The van der Waals surface area contributed by atoms with E-state index in [1.807, 2.05) is 0 Å². The summed E-state index contributed by atoms with van der Waals surface area (Å²) in [6.07, 6.45) is 2.12. The van der Waals surface area contributed by atoms with Crippen molar-refractivity contribution in [3.05, 3.63) is 17.5 Å². The molecule has 15 heavy (non-hydrogen) atoms. The fourth-order valence-electron chi connectivity index (χ4n) is 0.785. The lowest BCUT2D eigenvalue weighted by molar-refractivity contribution is 0.0635. The van der Waals surface area contributed by atoms with E-state index < -0.39 is 11.7 Å². The monoisotopic (exact) mass is 229 g/mol. The summed E-state index contributed by atoms with van der Waals surface area (Å²) in [5.74, 6) is 0.300. The predicted octanol–water partition coefficient (Wildman–Crippen LogP) is 2.48. The molecule has 1 amide bonds. The summed E-state index contributed by atoms with van der Waals surface area (Å²) in [5.41, 5.74) is -0.538. The van der Waals surface area contributed by atoms with Crippen LogP contribution in [-0.2, 0) is 4.74 Å². The Kier molecular flexibility index (Phi) is 3.47. The van der Waals surface area contributed by atoms with Gasteiger partial charge in [0.25, 0.3) is 0 Å². The molecular weight excluding hydrogens is 218 g/mol. The number of aromatic nitrogens is 2. The lowest BCUT2D eigenvalue weighted by Gasteiger charge is -2.19. The summed E-state index contributed by atoms with van der Waals surface area (Å²) in [6, 6.07) is 0. The molecule has 1 aromatic rings. The third kappa shape index (κ3) is 4.60. The molecule has 0 atom stereocenters. The van der Waals surface area contributed by atoms with Crippen molar-refractivity contribution in [2.24, 2.45) is 0 Å². The first-order chi connectivity index (χ1) is 6.87. The Hall–Kier alpha value is -1.36. The standard InChI is InChI=1S/C9H12ClN3O2/c1-9(2,3)15-8(14)13-7-5-11-6(10)4-12-7/h4-5H,1-3H3,(H,12,13,14). The number of amides is 1. The van der Waals surface area contributed by atoms with Crippen LogP contribution in [-0.4, -0.2) is 21.7 Å². The van der Waals surface area contributed by atoms with E-state index in [0.29, 0.717) is 5.82 Å². The van der Waals surface area contributed by atoms with Crippen molar-refractivity contribution >= 4 is 23.5 Å². The minimum atomic E-state index is -0.570. The molecule has 0 aromatic carbocycles. The van der Waals surface area contributed by atoms with E-state index in [1.54, 1.807) is 20.8 Å². The Morgan fingerprint density at radius 3 is 2.53 bits per heavy atom. The molecule has 6 heteroatoms. The topological polar surface area (TPSA) is 64.1 Å². The number of halogens is 1. The molecule has 1 rings (SSSR count). The fourth-order valence-corrected chi connectivity index (χ4v) is 0.883. The van der Waals surface area contributed by atoms with E-state index in [1.165, 1.54) is 12.4 Å². The van der Waals surface area contributed by atoms with Gasteiger partial charge in [0.15, 0.2) is 5.82 Å². The summed E-state index contributed by atoms with van der Waals surface area (Å²) >= 11 is 5.54. The first-order valence-corrected chi connectivity index (χ1v) is 4.72. The van der Waals surface area contributed by atoms with Crippen LogP contribution in [0.5, 0.6) is 0 Å². The van der Waals surface area contributed by atoms with Crippen LogP contribution in [0.15, 0.2) is 12.4 Å². The average molecular weight is 230 g/mol. The molecule has 0 aliphatic rings. The van der Waals surface area contributed by atoms with Crippen molar-refractivity contribution in [2.45, 2.75) is 26.4 Å². The average Bonchev–Trinajstić information content (AvgIpc) is 2.05. The van der Waals surface area contributed by atoms with Crippen molar-refractivity contribution in [3.8, 4) is 0 Å². The molecular formula is C9H12ClN3O2. The molecule has 0 spiro atoms. The lowest BCUT2D eigenvalue weighted by atomic mass is 10.2. The number of hydrogen-bond donors (Lipinski definition) is 1. The molecule has 0 aliphatic carbocycles. The number of anilines is 1. The molecule has 0 aliphatic heterocycles. The number of hydrogen-bond acceptors (Lipinski definition) is 4. The van der Waals surface area contributed by atoms with E-state index >= 15 is 0 Å². The van der Waals surface area contributed by atoms with Gasteiger partial charge < -0.3 is 4.74 Å². The van der Waals surface area contributed by atoms with Crippen LogP contribution in [0.25, 0.3) is 0 Å². The molecule has 1 heterocycles. The van der Waals surface area contributed by atoms with Crippen molar-refractivity contribution in [1.82, 2.24) is 9.97 Å². The highest BCUT2D eigenvalue weighted by atomic mass is 35.5. The zero-order chi connectivity index (χ0) is 11.5. The van der Waals surface area contributed by atoms with Gasteiger partial charge in [-0.1, -0.05) is 11.6 Å². The van der Waals surface area contributed by atoms with Crippen molar-refractivity contribution in [3.63, 3.8) is 0 Å².